The molecule has 0 spiro atoms. The minimum absolute atomic E-state index is 0.00417. The van der Waals surface area contributed by atoms with Crippen LogP contribution in [0, 0.1) is 46.3 Å². The highest BCUT2D eigenvalue weighted by Crippen LogP contribution is 2.67. The zero-order chi connectivity index (χ0) is 31.0. The first-order chi connectivity index (χ1) is 20.5. The minimum atomic E-state index is -0.690. The third kappa shape index (κ3) is 8.69. The lowest BCUT2D eigenvalue weighted by Crippen LogP contribution is -2.51. The molecule has 4 heteroatoms. The molecule has 43 heavy (non-hydrogen) atoms. The van der Waals surface area contributed by atoms with Gasteiger partial charge in [0.25, 0.3) is 0 Å². The Bertz CT molecular complexity index is 938. The summed E-state index contributed by atoms with van der Waals surface area (Å²) >= 11 is 0. The van der Waals surface area contributed by atoms with E-state index in [0.29, 0.717) is 23.7 Å². The van der Waals surface area contributed by atoms with Gasteiger partial charge in [-0.15, -0.1) is 0 Å². The molecule has 0 bridgehead atoms. The average Bonchev–Trinajstić information content (AvgIpc) is 3.31. The molecule has 246 valence electrons. The number of carboxylic acid groups (broad SMARTS) is 1. The molecule has 0 aliphatic heterocycles. The van der Waals surface area contributed by atoms with Crippen molar-refractivity contribution in [3.8, 4) is 0 Å². The number of esters is 1. The summed E-state index contributed by atoms with van der Waals surface area (Å²) in [5, 5.41) is 8.71. The molecule has 4 aliphatic rings. The fraction of sp³-hybridized carbons (Fsp3) is 0.897. The number of carbonyl (C=O) groups is 2. The summed E-state index contributed by atoms with van der Waals surface area (Å²) in [7, 11) is 0. The highest BCUT2D eigenvalue weighted by atomic mass is 16.5. The Labute approximate surface area is 264 Å². The third-order valence-corrected chi connectivity index (χ3v) is 13.1. The van der Waals surface area contributed by atoms with E-state index in [0.717, 1.165) is 86.9 Å². The lowest BCUT2D eigenvalue weighted by molar-refractivity contribution is -0.151. The van der Waals surface area contributed by atoms with Crippen LogP contribution in [0.15, 0.2) is 11.6 Å². The van der Waals surface area contributed by atoms with Gasteiger partial charge >= 0.3 is 11.9 Å². The van der Waals surface area contributed by atoms with Gasteiger partial charge in [0.2, 0.25) is 0 Å². The lowest BCUT2D eigenvalue weighted by Gasteiger charge is -2.58. The molecule has 0 heterocycles. The number of aliphatic carboxylic acids is 1. The molecule has 0 saturated heterocycles. The van der Waals surface area contributed by atoms with Gasteiger partial charge in [-0.05, 0) is 104 Å². The van der Waals surface area contributed by atoms with E-state index in [9.17, 15) is 9.59 Å². The monoisotopic (exact) mass is 598 g/mol. The van der Waals surface area contributed by atoms with Crippen LogP contribution in [0.4, 0.5) is 0 Å². The molecule has 0 radical (unpaired) electrons. The summed E-state index contributed by atoms with van der Waals surface area (Å²) in [5.74, 6) is 4.48. The van der Waals surface area contributed by atoms with Crippen LogP contribution in [0.5, 0.6) is 0 Å². The van der Waals surface area contributed by atoms with Crippen molar-refractivity contribution in [1.82, 2.24) is 0 Å². The highest BCUT2D eigenvalue weighted by molar-refractivity contribution is 5.69. The molecule has 0 amide bonds. The van der Waals surface area contributed by atoms with Gasteiger partial charge in [-0.25, -0.2) is 0 Å². The van der Waals surface area contributed by atoms with Gasteiger partial charge in [-0.1, -0.05) is 104 Å². The van der Waals surface area contributed by atoms with Crippen molar-refractivity contribution >= 4 is 11.9 Å². The molecular formula is C39H66O4. The summed E-state index contributed by atoms with van der Waals surface area (Å²) in [5.41, 5.74) is 2.46. The number of hydrogen-bond acceptors (Lipinski definition) is 3. The Hall–Kier alpha value is -1.32. The molecule has 4 unspecified atom stereocenters. The fourth-order valence-electron chi connectivity index (χ4n) is 10.6. The largest absolute Gasteiger partial charge is 0.481 e. The van der Waals surface area contributed by atoms with Gasteiger partial charge in [0, 0.05) is 19.3 Å². The summed E-state index contributed by atoms with van der Waals surface area (Å²) < 4.78 is 6.06. The van der Waals surface area contributed by atoms with E-state index in [1.165, 1.54) is 70.6 Å². The first-order valence-corrected chi connectivity index (χ1v) is 18.7. The van der Waals surface area contributed by atoms with Gasteiger partial charge in [0.15, 0.2) is 0 Å². The van der Waals surface area contributed by atoms with Crippen LogP contribution >= 0.6 is 0 Å². The number of fused-ring (bicyclic) bond motifs is 5. The normalized spacial score (nSPS) is 34.2. The van der Waals surface area contributed by atoms with E-state index in [1.807, 2.05) is 0 Å². The number of carbonyl (C=O) groups excluding carboxylic acids is 1. The third-order valence-electron chi connectivity index (χ3n) is 13.1. The molecule has 4 rings (SSSR count). The SMILES string of the molecule is CC(C)CCC[C@@H](C)[C@H]1CCC2C3CC=C4CC(OC(=O)CCCCCCCCCCC(=O)O)CC[C@]4(C)C3CC[C@@]21C. The topological polar surface area (TPSA) is 63.6 Å². The number of unbranched alkanes of at least 4 members (excludes halogenated alkanes) is 7. The standard InChI is InChI=1S/C39H66O4/c1-28(2)15-14-16-29(3)33-21-22-34-32-20-19-30-27-31(23-25-38(30,4)35(32)24-26-39(33,34)5)43-37(42)18-13-11-9-7-6-8-10-12-17-36(40)41/h19,28-29,31-35H,6-18,20-27H2,1-5H3,(H,40,41)/t29-,31?,32?,33-,34?,35?,38+,39-/m1/s1. The van der Waals surface area contributed by atoms with Crippen LogP contribution in [-0.2, 0) is 14.3 Å². The number of carboxylic acids is 1. The van der Waals surface area contributed by atoms with Crippen LogP contribution in [0.25, 0.3) is 0 Å². The van der Waals surface area contributed by atoms with Crippen LogP contribution in [0.1, 0.15) is 169 Å². The Morgan fingerprint density at radius 3 is 2.19 bits per heavy atom. The molecule has 0 aromatic heterocycles. The number of hydrogen-bond donors (Lipinski definition) is 1. The van der Waals surface area contributed by atoms with E-state index >= 15 is 0 Å². The Balaban J connectivity index is 1.19. The van der Waals surface area contributed by atoms with Crippen LogP contribution in [-0.4, -0.2) is 23.1 Å². The summed E-state index contributed by atoms with van der Waals surface area (Å²) in [6, 6.07) is 0. The van der Waals surface area contributed by atoms with Crippen molar-refractivity contribution in [3.63, 3.8) is 0 Å². The van der Waals surface area contributed by atoms with E-state index in [4.69, 9.17) is 9.84 Å². The molecule has 4 nitrogen and oxygen atoms in total. The van der Waals surface area contributed by atoms with Crippen molar-refractivity contribution in [1.29, 1.82) is 0 Å². The zero-order valence-corrected chi connectivity index (χ0v) is 28.6. The minimum Gasteiger partial charge on any atom is -0.481 e. The predicted octanol–water partition coefficient (Wildman–Crippen LogP) is 10.9. The van der Waals surface area contributed by atoms with Crippen LogP contribution < -0.4 is 0 Å². The fourth-order valence-corrected chi connectivity index (χ4v) is 10.6. The predicted molar refractivity (Wildman–Crippen MR) is 177 cm³/mol. The molecular weight excluding hydrogens is 532 g/mol. The van der Waals surface area contributed by atoms with Gasteiger partial charge in [0.05, 0.1) is 0 Å². The van der Waals surface area contributed by atoms with Gasteiger partial charge < -0.3 is 9.84 Å². The van der Waals surface area contributed by atoms with E-state index < -0.39 is 5.97 Å². The molecule has 3 fully saturated rings. The molecule has 4 aliphatic carbocycles. The smallest absolute Gasteiger partial charge is 0.306 e. The van der Waals surface area contributed by atoms with E-state index in [-0.39, 0.29) is 12.1 Å². The maximum atomic E-state index is 12.7. The second-order valence-electron chi connectivity index (χ2n) is 16.4. The molecule has 0 aromatic carbocycles. The molecule has 8 atom stereocenters. The first-order valence-electron chi connectivity index (χ1n) is 18.7. The maximum absolute atomic E-state index is 12.7. The molecule has 3 saturated carbocycles. The second-order valence-corrected chi connectivity index (χ2v) is 16.4. The first kappa shape index (κ1) is 34.6. The van der Waals surface area contributed by atoms with Crippen molar-refractivity contribution in [2.45, 2.75) is 176 Å². The molecule has 0 aromatic rings. The van der Waals surface area contributed by atoms with E-state index in [1.54, 1.807) is 5.57 Å². The van der Waals surface area contributed by atoms with Crippen molar-refractivity contribution < 1.29 is 19.4 Å². The number of rotatable bonds is 17. The lowest BCUT2D eigenvalue weighted by atomic mass is 9.47. The summed E-state index contributed by atoms with van der Waals surface area (Å²) in [6.07, 6.45) is 26.3. The van der Waals surface area contributed by atoms with Crippen molar-refractivity contribution in [3.05, 3.63) is 11.6 Å². The van der Waals surface area contributed by atoms with Gasteiger partial charge in [-0.2, -0.15) is 0 Å². The van der Waals surface area contributed by atoms with Crippen molar-refractivity contribution in [2.75, 3.05) is 0 Å². The molecule has 1 N–H and O–H groups in total. The summed E-state index contributed by atoms with van der Waals surface area (Å²) in [4.78, 5) is 23.3. The number of allylic oxidation sites excluding steroid dienone is 1. The quantitative estimate of drug-likeness (QED) is 0.103. The van der Waals surface area contributed by atoms with Crippen LogP contribution in [0.3, 0.4) is 0 Å². The highest BCUT2D eigenvalue weighted by Gasteiger charge is 2.59. The maximum Gasteiger partial charge on any atom is 0.306 e. The van der Waals surface area contributed by atoms with Gasteiger partial charge in [0.1, 0.15) is 6.10 Å². The summed E-state index contributed by atoms with van der Waals surface area (Å²) in [6.45, 7) is 12.6. The van der Waals surface area contributed by atoms with Crippen LogP contribution in [0.2, 0.25) is 0 Å². The Morgan fingerprint density at radius 2 is 1.51 bits per heavy atom. The average molecular weight is 599 g/mol. The number of ether oxygens (including phenoxy) is 1. The van der Waals surface area contributed by atoms with E-state index in [2.05, 4.69) is 40.7 Å². The van der Waals surface area contributed by atoms with Gasteiger partial charge in [-0.3, -0.25) is 9.59 Å². The zero-order valence-electron chi connectivity index (χ0n) is 28.6. The Morgan fingerprint density at radius 1 is 0.837 bits per heavy atom. The second kappa shape index (κ2) is 15.8. The van der Waals surface area contributed by atoms with Crippen molar-refractivity contribution in [2.24, 2.45) is 46.3 Å². The Kier molecular flexibility index (Phi) is 12.7.